The lowest BCUT2D eigenvalue weighted by Gasteiger charge is -2.15. The molecular formula is C16H24O2. The Morgan fingerprint density at radius 2 is 1.56 bits per heavy atom. The van der Waals surface area contributed by atoms with Crippen molar-refractivity contribution in [3.63, 3.8) is 0 Å². The number of ketones is 1. The van der Waals surface area contributed by atoms with Crippen molar-refractivity contribution in [2.75, 3.05) is 13.2 Å². The highest BCUT2D eigenvalue weighted by Crippen LogP contribution is 2.16. The summed E-state index contributed by atoms with van der Waals surface area (Å²) in [5.41, 5.74) is -0.135. The predicted molar refractivity (Wildman–Crippen MR) is 74.9 cm³/mol. The monoisotopic (exact) mass is 248 g/mol. The SMILES string of the molecule is CC(C)(C)CC#CC#CCOCC(=O)C(C)(C)C. The summed E-state index contributed by atoms with van der Waals surface area (Å²) < 4.78 is 5.18. The molecule has 0 N–H and O–H groups in total. The molecule has 0 unspecified atom stereocenters. The highest BCUT2D eigenvalue weighted by atomic mass is 16.5. The third kappa shape index (κ3) is 9.94. The molecule has 0 fully saturated rings. The molecule has 0 spiro atoms. The van der Waals surface area contributed by atoms with Gasteiger partial charge in [0.15, 0.2) is 5.78 Å². The van der Waals surface area contributed by atoms with Gasteiger partial charge >= 0.3 is 0 Å². The number of carbonyl (C=O) groups is 1. The van der Waals surface area contributed by atoms with E-state index < -0.39 is 0 Å². The van der Waals surface area contributed by atoms with Crippen LogP contribution in [0.15, 0.2) is 0 Å². The van der Waals surface area contributed by atoms with E-state index >= 15 is 0 Å². The molecule has 100 valence electrons. The standard InChI is InChI=1S/C16H24O2/c1-15(2,3)11-9-7-8-10-12-18-13-14(17)16(4,5)6/h11-13H2,1-6H3. The van der Waals surface area contributed by atoms with Crippen LogP contribution in [0.25, 0.3) is 0 Å². The molecule has 0 bridgehead atoms. The molecule has 0 aromatic heterocycles. The highest BCUT2D eigenvalue weighted by molar-refractivity contribution is 5.84. The summed E-state index contributed by atoms with van der Waals surface area (Å²) in [5.74, 6) is 11.4. The van der Waals surface area contributed by atoms with Gasteiger partial charge in [0.05, 0.1) is 0 Å². The second kappa shape index (κ2) is 7.24. The fourth-order valence-electron chi connectivity index (χ4n) is 0.845. The van der Waals surface area contributed by atoms with Crippen LogP contribution in [0, 0.1) is 34.5 Å². The summed E-state index contributed by atoms with van der Waals surface area (Å²) in [7, 11) is 0. The normalized spacial score (nSPS) is 11.0. The Kier molecular flexibility index (Phi) is 6.74. The molecule has 0 saturated carbocycles. The number of ether oxygens (including phenoxy) is 1. The van der Waals surface area contributed by atoms with E-state index in [0.29, 0.717) is 0 Å². The van der Waals surface area contributed by atoms with E-state index in [1.165, 1.54) is 0 Å². The van der Waals surface area contributed by atoms with Crippen LogP contribution in [0.1, 0.15) is 48.0 Å². The number of hydrogen-bond donors (Lipinski definition) is 0. The summed E-state index contributed by atoms with van der Waals surface area (Å²) in [6.45, 7) is 12.4. The van der Waals surface area contributed by atoms with E-state index in [0.717, 1.165) is 6.42 Å². The van der Waals surface area contributed by atoms with Gasteiger partial charge in [-0.05, 0) is 17.3 Å². The Morgan fingerprint density at radius 1 is 1.00 bits per heavy atom. The van der Waals surface area contributed by atoms with Crippen LogP contribution >= 0.6 is 0 Å². The zero-order valence-corrected chi connectivity index (χ0v) is 12.4. The van der Waals surface area contributed by atoms with Crippen molar-refractivity contribution in [3.05, 3.63) is 0 Å². The molecule has 0 rings (SSSR count). The van der Waals surface area contributed by atoms with Crippen molar-refractivity contribution in [1.29, 1.82) is 0 Å². The minimum Gasteiger partial charge on any atom is -0.361 e. The summed E-state index contributed by atoms with van der Waals surface area (Å²) >= 11 is 0. The maximum atomic E-state index is 11.5. The van der Waals surface area contributed by atoms with Crippen molar-refractivity contribution in [2.45, 2.75) is 48.0 Å². The fraction of sp³-hybridized carbons (Fsp3) is 0.688. The van der Waals surface area contributed by atoms with E-state index in [1.807, 2.05) is 20.8 Å². The average Bonchev–Trinajstić information content (AvgIpc) is 2.18. The Hall–Kier alpha value is -1.25. The Morgan fingerprint density at radius 3 is 2.06 bits per heavy atom. The van der Waals surface area contributed by atoms with Crippen molar-refractivity contribution >= 4 is 5.78 Å². The molecule has 0 heterocycles. The van der Waals surface area contributed by atoms with Gasteiger partial charge in [-0.3, -0.25) is 4.79 Å². The lowest BCUT2D eigenvalue weighted by molar-refractivity contribution is -0.130. The van der Waals surface area contributed by atoms with Gasteiger partial charge in [0.1, 0.15) is 13.2 Å². The molecule has 0 aliphatic rings. The molecular weight excluding hydrogens is 224 g/mol. The zero-order valence-electron chi connectivity index (χ0n) is 12.4. The fourth-order valence-corrected chi connectivity index (χ4v) is 0.845. The summed E-state index contributed by atoms with van der Waals surface area (Å²) in [6, 6.07) is 0. The van der Waals surface area contributed by atoms with Gasteiger partial charge in [0.2, 0.25) is 0 Å². The molecule has 0 aromatic rings. The first-order chi connectivity index (χ1) is 8.13. The zero-order chi connectivity index (χ0) is 14.2. The lowest BCUT2D eigenvalue weighted by atomic mass is 9.91. The Balaban J connectivity index is 3.85. The van der Waals surface area contributed by atoms with Crippen LogP contribution in [0.3, 0.4) is 0 Å². The topological polar surface area (TPSA) is 26.3 Å². The van der Waals surface area contributed by atoms with Gasteiger partial charge in [-0.2, -0.15) is 0 Å². The van der Waals surface area contributed by atoms with Crippen LogP contribution in [-0.4, -0.2) is 19.0 Å². The van der Waals surface area contributed by atoms with E-state index in [4.69, 9.17) is 4.74 Å². The minimum atomic E-state index is -0.347. The second-order valence-electron chi connectivity index (χ2n) is 6.51. The summed E-state index contributed by atoms with van der Waals surface area (Å²) in [4.78, 5) is 11.5. The lowest BCUT2D eigenvalue weighted by Crippen LogP contribution is -2.24. The average molecular weight is 248 g/mol. The van der Waals surface area contributed by atoms with Crippen LogP contribution in [-0.2, 0) is 9.53 Å². The third-order valence-electron chi connectivity index (χ3n) is 2.10. The molecule has 0 aliphatic heterocycles. The number of carbonyl (C=O) groups excluding carboxylic acids is 1. The number of hydrogen-bond acceptors (Lipinski definition) is 2. The molecule has 0 aromatic carbocycles. The van der Waals surface area contributed by atoms with Crippen LogP contribution in [0.4, 0.5) is 0 Å². The molecule has 2 nitrogen and oxygen atoms in total. The maximum Gasteiger partial charge on any atom is 0.163 e. The van der Waals surface area contributed by atoms with Crippen molar-refractivity contribution in [1.82, 2.24) is 0 Å². The van der Waals surface area contributed by atoms with Gasteiger partial charge in [-0.25, -0.2) is 0 Å². The first kappa shape index (κ1) is 16.8. The van der Waals surface area contributed by atoms with Crippen LogP contribution < -0.4 is 0 Å². The molecule has 0 aliphatic carbocycles. The van der Waals surface area contributed by atoms with E-state index in [9.17, 15) is 4.79 Å². The van der Waals surface area contributed by atoms with Gasteiger partial charge in [-0.1, -0.05) is 53.4 Å². The Bertz CT molecular complexity index is 383. The second-order valence-corrected chi connectivity index (χ2v) is 6.51. The molecule has 0 radical (unpaired) electrons. The first-order valence-corrected chi connectivity index (χ1v) is 6.20. The summed E-state index contributed by atoms with van der Waals surface area (Å²) in [5, 5.41) is 0. The minimum absolute atomic E-state index is 0.0862. The predicted octanol–water partition coefficient (Wildman–Crippen LogP) is 3.06. The van der Waals surface area contributed by atoms with Gasteiger partial charge < -0.3 is 4.74 Å². The molecule has 0 amide bonds. The highest BCUT2D eigenvalue weighted by Gasteiger charge is 2.20. The molecule has 2 heteroatoms. The van der Waals surface area contributed by atoms with Crippen molar-refractivity contribution in [3.8, 4) is 23.7 Å². The molecule has 18 heavy (non-hydrogen) atoms. The van der Waals surface area contributed by atoms with Gasteiger partial charge in [-0.15, -0.1) is 0 Å². The van der Waals surface area contributed by atoms with Crippen molar-refractivity contribution < 1.29 is 9.53 Å². The largest absolute Gasteiger partial charge is 0.361 e. The smallest absolute Gasteiger partial charge is 0.163 e. The first-order valence-electron chi connectivity index (χ1n) is 6.20. The Labute approximate surface area is 111 Å². The van der Waals surface area contributed by atoms with E-state index in [2.05, 4.69) is 44.5 Å². The van der Waals surface area contributed by atoms with Crippen molar-refractivity contribution in [2.24, 2.45) is 10.8 Å². The number of Topliss-reactive ketones (excluding diaryl/α,β-unsaturated/α-hetero) is 1. The van der Waals surface area contributed by atoms with E-state index in [1.54, 1.807) is 0 Å². The molecule has 0 atom stereocenters. The van der Waals surface area contributed by atoms with Gasteiger partial charge in [0, 0.05) is 11.8 Å². The van der Waals surface area contributed by atoms with E-state index in [-0.39, 0.29) is 29.8 Å². The van der Waals surface area contributed by atoms with Crippen LogP contribution in [0.2, 0.25) is 0 Å². The third-order valence-corrected chi connectivity index (χ3v) is 2.10. The molecule has 0 saturated heterocycles. The van der Waals surface area contributed by atoms with Crippen LogP contribution in [0.5, 0.6) is 0 Å². The quantitative estimate of drug-likeness (QED) is 0.567. The summed E-state index contributed by atoms with van der Waals surface area (Å²) in [6.07, 6.45) is 0.824. The van der Waals surface area contributed by atoms with Gasteiger partial charge in [0.25, 0.3) is 0 Å². The maximum absolute atomic E-state index is 11.5. The number of rotatable bonds is 3.